The molecule has 0 radical (unpaired) electrons. The van der Waals surface area contributed by atoms with E-state index in [0.717, 1.165) is 5.69 Å². The second-order valence-electron chi connectivity index (χ2n) is 3.88. The lowest BCUT2D eigenvalue weighted by molar-refractivity contribution is 0.0666. The highest BCUT2D eigenvalue weighted by Crippen LogP contribution is 2.30. The van der Waals surface area contributed by atoms with Crippen molar-refractivity contribution in [1.82, 2.24) is 14.9 Å². The van der Waals surface area contributed by atoms with Crippen LogP contribution in [0.25, 0.3) is 0 Å². The van der Waals surface area contributed by atoms with Crippen molar-refractivity contribution in [2.75, 3.05) is 20.3 Å². The summed E-state index contributed by atoms with van der Waals surface area (Å²) in [5, 5.41) is 0. The number of methoxy groups -OCH3 is 1. The summed E-state index contributed by atoms with van der Waals surface area (Å²) >= 11 is 0. The molecule has 1 aliphatic heterocycles. The largest absolute Gasteiger partial charge is 0.383 e. The van der Waals surface area contributed by atoms with E-state index in [1.54, 1.807) is 18.2 Å². The van der Waals surface area contributed by atoms with Gasteiger partial charge < -0.3 is 9.64 Å². The summed E-state index contributed by atoms with van der Waals surface area (Å²) in [6, 6.07) is 0.0133. The maximum absolute atomic E-state index is 12.0. The molecule has 0 saturated heterocycles. The number of ether oxygens (including phenoxy) is 1. The average Bonchev–Trinajstić information content (AvgIpc) is 2.50. The second kappa shape index (κ2) is 4.17. The molecule has 2 rings (SSSR count). The van der Waals surface area contributed by atoms with Gasteiger partial charge in [0.2, 0.25) is 0 Å². The molecule has 5 heteroatoms. The van der Waals surface area contributed by atoms with Gasteiger partial charge in [0, 0.05) is 19.9 Å². The summed E-state index contributed by atoms with van der Waals surface area (Å²) < 4.78 is 4.99. The van der Waals surface area contributed by atoms with Gasteiger partial charge in [-0.15, -0.1) is 0 Å². The van der Waals surface area contributed by atoms with Gasteiger partial charge in [-0.05, 0) is 13.8 Å². The van der Waals surface area contributed by atoms with Crippen molar-refractivity contribution >= 4 is 5.91 Å². The number of aromatic nitrogens is 2. The normalized spacial score (nSPS) is 19.1. The van der Waals surface area contributed by atoms with Crippen LogP contribution in [0.1, 0.15) is 34.8 Å². The summed E-state index contributed by atoms with van der Waals surface area (Å²) in [4.78, 5) is 22.2. The van der Waals surface area contributed by atoms with Crippen LogP contribution in [0, 0.1) is 6.92 Å². The molecule has 1 amide bonds. The summed E-state index contributed by atoms with van der Waals surface area (Å²) in [6.45, 7) is 4.93. The maximum Gasteiger partial charge on any atom is 0.258 e. The second-order valence-corrected chi connectivity index (χ2v) is 3.88. The van der Waals surface area contributed by atoms with Gasteiger partial charge in [0.1, 0.15) is 5.82 Å². The fourth-order valence-corrected chi connectivity index (χ4v) is 1.93. The first-order valence-electron chi connectivity index (χ1n) is 5.28. The minimum atomic E-state index is -0.000417. The average molecular weight is 221 g/mol. The number of aryl methyl sites for hydroxylation is 1. The number of carbonyl (C=O) groups is 1. The molecule has 0 bridgehead atoms. The van der Waals surface area contributed by atoms with Crippen molar-refractivity contribution in [3.05, 3.63) is 23.3 Å². The van der Waals surface area contributed by atoms with Crippen LogP contribution in [0.4, 0.5) is 0 Å². The van der Waals surface area contributed by atoms with Crippen molar-refractivity contribution in [1.29, 1.82) is 0 Å². The Balaban J connectivity index is 2.29. The van der Waals surface area contributed by atoms with E-state index in [2.05, 4.69) is 9.97 Å². The Kier molecular flexibility index (Phi) is 2.87. The third kappa shape index (κ3) is 1.67. The van der Waals surface area contributed by atoms with Gasteiger partial charge in [-0.25, -0.2) is 9.97 Å². The van der Waals surface area contributed by atoms with E-state index in [1.807, 2.05) is 13.8 Å². The van der Waals surface area contributed by atoms with Gasteiger partial charge >= 0.3 is 0 Å². The van der Waals surface area contributed by atoms with Crippen LogP contribution < -0.4 is 0 Å². The Hall–Kier alpha value is -1.49. The summed E-state index contributed by atoms with van der Waals surface area (Å²) in [5.41, 5.74) is 1.45. The molecule has 1 unspecified atom stereocenters. The van der Waals surface area contributed by atoms with Gasteiger partial charge in [-0.2, -0.15) is 0 Å². The molecule has 0 fully saturated rings. The zero-order chi connectivity index (χ0) is 11.7. The highest BCUT2D eigenvalue weighted by Gasteiger charge is 2.35. The van der Waals surface area contributed by atoms with E-state index in [9.17, 15) is 4.79 Å². The maximum atomic E-state index is 12.0. The van der Waals surface area contributed by atoms with Crippen LogP contribution in [0.15, 0.2) is 6.20 Å². The zero-order valence-electron chi connectivity index (χ0n) is 9.73. The smallest absolute Gasteiger partial charge is 0.258 e. The van der Waals surface area contributed by atoms with Crippen LogP contribution in [0.5, 0.6) is 0 Å². The predicted molar refractivity (Wildman–Crippen MR) is 58.1 cm³/mol. The van der Waals surface area contributed by atoms with Gasteiger partial charge in [0.05, 0.1) is 23.9 Å². The molecule has 0 aliphatic carbocycles. The number of nitrogens with zero attached hydrogens (tertiary/aromatic N) is 3. The van der Waals surface area contributed by atoms with Crippen molar-refractivity contribution in [3.8, 4) is 0 Å². The Bertz CT molecular complexity index is 420. The first-order valence-corrected chi connectivity index (χ1v) is 5.28. The summed E-state index contributed by atoms with van der Waals surface area (Å²) in [5.74, 6) is 0.701. The highest BCUT2D eigenvalue weighted by atomic mass is 16.5. The number of hydrogen-bond donors (Lipinski definition) is 0. The Morgan fingerprint density at radius 2 is 2.31 bits per heavy atom. The first-order chi connectivity index (χ1) is 7.65. The van der Waals surface area contributed by atoms with Gasteiger partial charge in [0.25, 0.3) is 5.91 Å². The minimum absolute atomic E-state index is 0.000417. The molecule has 0 N–H and O–H groups in total. The van der Waals surface area contributed by atoms with Crippen LogP contribution in [0.2, 0.25) is 0 Å². The van der Waals surface area contributed by atoms with Gasteiger partial charge in [-0.3, -0.25) is 4.79 Å². The molecule has 86 valence electrons. The van der Waals surface area contributed by atoms with Crippen molar-refractivity contribution < 1.29 is 9.53 Å². The van der Waals surface area contributed by atoms with Gasteiger partial charge in [-0.1, -0.05) is 0 Å². The molecule has 0 spiro atoms. The first kappa shape index (κ1) is 11.0. The molecule has 1 aromatic heterocycles. The molecule has 0 aromatic carbocycles. The molecular weight excluding hydrogens is 206 g/mol. The van der Waals surface area contributed by atoms with E-state index in [-0.39, 0.29) is 11.9 Å². The molecular formula is C11H15N3O2. The SMILES string of the molecule is COCCN1C(=O)c2cnc(C)nc2C1C. The van der Waals surface area contributed by atoms with E-state index < -0.39 is 0 Å². The molecule has 0 saturated carbocycles. The molecule has 1 atom stereocenters. The van der Waals surface area contributed by atoms with Crippen LogP contribution >= 0.6 is 0 Å². The molecule has 5 nitrogen and oxygen atoms in total. The van der Waals surface area contributed by atoms with E-state index in [0.29, 0.717) is 24.5 Å². The highest BCUT2D eigenvalue weighted by molar-refractivity contribution is 5.98. The number of carbonyl (C=O) groups excluding carboxylic acids is 1. The topological polar surface area (TPSA) is 55.3 Å². The Morgan fingerprint density at radius 1 is 1.56 bits per heavy atom. The number of rotatable bonds is 3. The minimum Gasteiger partial charge on any atom is -0.383 e. The zero-order valence-corrected chi connectivity index (χ0v) is 9.73. The van der Waals surface area contributed by atoms with Crippen molar-refractivity contribution in [3.63, 3.8) is 0 Å². The monoisotopic (exact) mass is 221 g/mol. The van der Waals surface area contributed by atoms with Gasteiger partial charge in [0.15, 0.2) is 0 Å². The number of fused-ring (bicyclic) bond motifs is 1. The third-order valence-corrected chi connectivity index (χ3v) is 2.83. The third-order valence-electron chi connectivity index (χ3n) is 2.83. The Morgan fingerprint density at radius 3 is 3.00 bits per heavy atom. The lowest BCUT2D eigenvalue weighted by Gasteiger charge is -2.20. The van der Waals surface area contributed by atoms with Crippen LogP contribution in [0.3, 0.4) is 0 Å². The van der Waals surface area contributed by atoms with Crippen molar-refractivity contribution in [2.45, 2.75) is 19.9 Å². The van der Waals surface area contributed by atoms with E-state index in [4.69, 9.17) is 4.74 Å². The summed E-state index contributed by atoms with van der Waals surface area (Å²) in [7, 11) is 1.63. The fourth-order valence-electron chi connectivity index (χ4n) is 1.93. The number of hydrogen-bond acceptors (Lipinski definition) is 4. The standard InChI is InChI=1S/C11H15N3O2/c1-7-10-9(6-12-8(2)13-10)11(15)14(7)4-5-16-3/h6-7H,4-5H2,1-3H3. The van der Waals surface area contributed by atoms with Crippen LogP contribution in [-0.2, 0) is 4.74 Å². The fraction of sp³-hybridized carbons (Fsp3) is 0.545. The molecule has 1 aromatic rings. The molecule has 1 aliphatic rings. The number of amides is 1. The Labute approximate surface area is 94.5 Å². The van der Waals surface area contributed by atoms with E-state index >= 15 is 0 Å². The quantitative estimate of drug-likeness (QED) is 0.762. The molecule has 2 heterocycles. The predicted octanol–water partition coefficient (Wildman–Crippen LogP) is 0.948. The lowest BCUT2D eigenvalue weighted by Crippen LogP contribution is -2.30. The van der Waals surface area contributed by atoms with Crippen LogP contribution in [-0.4, -0.2) is 41.0 Å². The van der Waals surface area contributed by atoms with Crippen molar-refractivity contribution in [2.24, 2.45) is 0 Å². The summed E-state index contributed by atoms with van der Waals surface area (Å²) in [6.07, 6.45) is 1.61. The van der Waals surface area contributed by atoms with E-state index in [1.165, 1.54) is 0 Å². The lowest BCUT2D eigenvalue weighted by atomic mass is 10.2. The molecule has 16 heavy (non-hydrogen) atoms.